The summed E-state index contributed by atoms with van der Waals surface area (Å²) in [6.07, 6.45) is -0.376. The molecule has 2 atom stereocenters. The van der Waals surface area contributed by atoms with E-state index >= 15 is 0 Å². The van der Waals surface area contributed by atoms with Gasteiger partial charge in [0, 0.05) is 12.6 Å². The molecule has 0 aliphatic carbocycles. The molecule has 120 valence electrons. The van der Waals surface area contributed by atoms with Crippen LogP contribution in [0.25, 0.3) is 11.1 Å². The smallest absolute Gasteiger partial charge is 0.225 e. The monoisotopic (exact) mass is 311 g/mol. The van der Waals surface area contributed by atoms with Crippen molar-refractivity contribution in [2.75, 3.05) is 7.05 Å². The highest BCUT2D eigenvalue weighted by molar-refractivity contribution is 5.72. The molecule has 5 nitrogen and oxygen atoms in total. The van der Waals surface area contributed by atoms with E-state index in [1.807, 2.05) is 43.4 Å². The Morgan fingerprint density at radius 1 is 1.13 bits per heavy atom. The van der Waals surface area contributed by atoms with Crippen molar-refractivity contribution in [3.63, 3.8) is 0 Å². The molecule has 0 saturated carbocycles. The molecule has 4 N–H and O–H groups in total. The molecule has 1 unspecified atom stereocenters. The Balaban J connectivity index is 1.70. The Bertz CT molecular complexity index is 734. The van der Waals surface area contributed by atoms with E-state index in [0.29, 0.717) is 12.0 Å². The number of benzene rings is 2. The standard InChI is InChI=1S/C18H21N3O2/c1-20-11-13-8-6-12(7-9-13)10-14(19)17(22)18-21-15-4-2-3-5-16(15)23-18/h2-9,14,17,20,22H,10-11,19H2,1H3/t14-,17?/m0/s1. The summed E-state index contributed by atoms with van der Waals surface area (Å²) in [4.78, 5) is 4.31. The number of para-hydroxylation sites is 2. The topological polar surface area (TPSA) is 84.3 Å². The lowest BCUT2D eigenvalue weighted by molar-refractivity contribution is 0.117. The van der Waals surface area contributed by atoms with Gasteiger partial charge in [0.1, 0.15) is 11.6 Å². The minimum absolute atomic E-state index is 0.269. The van der Waals surface area contributed by atoms with Gasteiger partial charge in [-0.1, -0.05) is 36.4 Å². The van der Waals surface area contributed by atoms with Gasteiger partial charge in [0.05, 0.1) is 0 Å². The lowest BCUT2D eigenvalue weighted by Crippen LogP contribution is -2.30. The van der Waals surface area contributed by atoms with E-state index in [4.69, 9.17) is 10.2 Å². The van der Waals surface area contributed by atoms with Crippen molar-refractivity contribution in [1.82, 2.24) is 10.3 Å². The summed E-state index contributed by atoms with van der Waals surface area (Å²) in [5, 5.41) is 13.5. The Hall–Kier alpha value is -2.21. The minimum atomic E-state index is -0.931. The number of aliphatic hydroxyl groups is 1. The van der Waals surface area contributed by atoms with Crippen LogP contribution in [-0.4, -0.2) is 23.2 Å². The van der Waals surface area contributed by atoms with Crippen LogP contribution in [0.15, 0.2) is 52.9 Å². The molecule has 1 heterocycles. The van der Waals surface area contributed by atoms with Crippen LogP contribution in [0.2, 0.25) is 0 Å². The normalized spacial score (nSPS) is 14.0. The van der Waals surface area contributed by atoms with Crippen LogP contribution >= 0.6 is 0 Å². The third kappa shape index (κ3) is 3.59. The van der Waals surface area contributed by atoms with Crippen LogP contribution in [-0.2, 0) is 13.0 Å². The highest BCUT2D eigenvalue weighted by Gasteiger charge is 2.22. The number of fused-ring (bicyclic) bond motifs is 1. The maximum Gasteiger partial charge on any atom is 0.225 e. The predicted octanol–water partition coefficient (Wildman–Crippen LogP) is 2.15. The molecule has 2 aromatic carbocycles. The molecule has 5 heteroatoms. The molecule has 0 saturated heterocycles. The lowest BCUT2D eigenvalue weighted by Gasteiger charge is -2.16. The zero-order valence-corrected chi connectivity index (χ0v) is 13.1. The van der Waals surface area contributed by atoms with E-state index < -0.39 is 12.1 Å². The van der Waals surface area contributed by atoms with Crippen LogP contribution in [0.1, 0.15) is 23.1 Å². The molecular weight excluding hydrogens is 290 g/mol. The summed E-state index contributed by atoms with van der Waals surface area (Å²) in [5.41, 5.74) is 9.81. The summed E-state index contributed by atoms with van der Waals surface area (Å²) < 4.78 is 5.59. The third-order valence-corrected chi connectivity index (χ3v) is 3.84. The molecular formula is C18H21N3O2. The summed E-state index contributed by atoms with van der Waals surface area (Å²) in [5.74, 6) is 0.269. The summed E-state index contributed by atoms with van der Waals surface area (Å²) in [6, 6.07) is 15.1. The van der Waals surface area contributed by atoms with Crippen molar-refractivity contribution in [1.29, 1.82) is 0 Å². The summed E-state index contributed by atoms with van der Waals surface area (Å²) in [6.45, 7) is 0.831. The van der Waals surface area contributed by atoms with Gasteiger partial charge in [0.25, 0.3) is 0 Å². The average Bonchev–Trinajstić information content (AvgIpc) is 3.00. The number of nitrogens with one attached hydrogen (secondary N) is 1. The van der Waals surface area contributed by atoms with E-state index in [0.717, 1.165) is 17.6 Å². The number of aliphatic hydroxyl groups excluding tert-OH is 1. The van der Waals surface area contributed by atoms with E-state index in [1.54, 1.807) is 0 Å². The fourth-order valence-corrected chi connectivity index (χ4v) is 2.58. The molecule has 0 radical (unpaired) electrons. The number of oxazole rings is 1. The number of nitrogens with zero attached hydrogens (tertiary/aromatic N) is 1. The predicted molar refractivity (Wildman–Crippen MR) is 89.9 cm³/mol. The number of hydrogen-bond acceptors (Lipinski definition) is 5. The number of aromatic nitrogens is 1. The largest absolute Gasteiger partial charge is 0.438 e. The maximum atomic E-state index is 10.4. The van der Waals surface area contributed by atoms with E-state index in [9.17, 15) is 5.11 Å². The molecule has 0 spiro atoms. The maximum absolute atomic E-state index is 10.4. The van der Waals surface area contributed by atoms with Crippen LogP contribution in [0.3, 0.4) is 0 Å². The Kier molecular flexibility index (Phi) is 4.71. The number of rotatable bonds is 6. The zero-order valence-electron chi connectivity index (χ0n) is 13.1. The molecule has 3 rings (SSSR count). The third-order valence-electron chi connectivity index (χ3n) is 3.84. The quantitative estimate of drug-likeness (QED) is 0.649. The molecule has 0 amide bonds. The molecule has 0 fully saturated rings. The van der Waals surface area contributed by atoms with Gasteiger partial charge in [-0.15, -0.1) is 0 Å². The average molecular weight is 311 g/mol. The fraction of sp³-hybridized carbons (Fsp3) is 0.278. The fourth-order valence-electron chi connectivity index (χ4n) is 2.58. The summed E-state index contributed by atoms with van der Waals surface area (Å²) >= 11 is 0. The van der Waals surface area contributed by atoms with E-state index in [2.05, 4.69) is 22.4 Å². The van der Waals surface area contributed by atoms with Gasteiger partial charge in [-0.25, -0.2) is 4.98 Å². The van der Waals surface area contributed by atoms with E-state index in [1.165, 1.54) is 5.56 Å². The molecule has 3 aromatic rings. The van der Waals surface area contributed by atoms with Crippen LogP contribution < -0.4 is 11.1 Å². The minimum Gasteiger partial charge on any atom is -0.438 e. The zero-order chi connectivity index (χ0) is 16.2. The van der Waals surface area contributed by atoms with Crippen molar-refractivity contribution in [3.05, 3.63) is 65.5 Å². The second kappa shape index (κ2) is 6.91. The van der Waals surface area contributed by atoms with Gasteiger partial charge in [-0.3, -0.25) is 0 Å². The van der Waals surface area contributed by atoms with Crippen molar-refractivity contribution >= 4 is 11.1 Å². The Morgan fingerprint density at radius 3 is 2.52 bits per heavy atom. The van der Waals surface area contributed by atoms with Gasteiger partial charge in [-0.2, -0.15) is 0 Å². The number of nitrogens with two attached hydrogens (primary N) is 1. The first-order valence-corrected chi connectivity index (χ1v) is 7.69. The molecule has 0 bridgehead atoms. The van der Waals surface area contributed by atoms with Gasteiger partial charge < -0.3 is 20.6 Å². The van der Waals surface area contributed by atoms with Gasteiger partial charge in [0.2, 0.25) is 5.89 Å². The van der Waals surface area contributed by atoms with Crippen LogP contribution in [0.4, 0.5) is 0 Å². The van der Waals surface area contributed by atoms with Gasteiger partial charge in [0.15, 0.2) is 5.58 Å². The summed E-state index contributed by atoms with van der Waals surface area (Å²) in [7, 11) is 1.92. The van der Waals surface area contributed by atoms with Crippen LogP contribution in [0, 0.1) is 0 Å². The first kappa shape index (κ1) is 15.7. The SMILES string of the molecule is CNCc1ccc(C[C@H](N)C(O)c2nc3ccccc3o2)cc1. The van der Waals surface area contributed by atoms with Crippen molar-refractivity contribution < 1.29 is 9.52 Å². The highest BCUT2D eigenvalue weighted by Crippen LogP contribution is 2.23. The second-order valence-corrected chi connectivity index (χ2v) is 5.68. The van der Waals surface area contributed by atoms with Crippen LogP contribution in [0.5, 0.6) is 0 Å². The Morgan fingerprint density at radius 2 is 1.83 bits per heavy atom. The lowest BCUT2D eigenvalue weighted by atomic mass is 10.0. The first-order valence-electron chi connectivity index (χ1n) is 7.69. The van der Waals surface area contributed by atoms with E-state index in [-0.39, 0.29) is 5.89 Å². The second-order valence-electron chi connectivity index (χ2n) is 5.68. The van der Waals surface area contributed by atoms with Crippen molar-refractivity contribution in [2.24, 2.45) is 5.73 Å². The van der Waals surface area contributed by atoms with Crippen molar-refractivity contribution in [3.8, 4) is 0 Å². The Labute approximate surface area is 135 Å². The molecule has 0 aliphatic rings. The number of hydrogen-bond donors (Lipinski definition) is 3. The highest BCUT2D eigenvalue weighted by atomic mass is 16.4. The molecule has 0 aliphatic heterocycles. The van der Waals surface area contributed by atoms with Gasteiger partial charge in [-0.05, 0) is 36.7 Å². The molecule has 23 heavy (non-hydrogen) atoms. The first-order chi connectivity index (χ1) is 11.2. The van der Waals surface area contributed by atoms with Gasteiger partial charge >= 0.3 is 0 Å². The molecule has 1 aromatic heterocycles. The van der Waals surface area contributed by atoms with Crippen molar-refractivity contribution in [2.45, 2.75) is 25.1 Å².